The molecule has 0 N–H and O–H groups in total. The van der Waals surface area contributed by atoms with E-state index in [1.54, 1.807) is 0 Å². The van der Waals surface area contributed by atoms with E-state index in [4.69, 9.17) is 4.74 Å². The molecule has 0 aliphatic carbocycles. The molecule has 1 aromatic carbocycles. The SMILES string of the molecule is CC1=Cc2ccc(Br)cc2CO1. The highest BCUT2D eigenvalue weighted by Gasteiger charge is 2.07. The van der Waals surface area contributed by atoms with Crippen LogP contribution in [-0.2, 0) is 11.3 Å². The van der Waals surface area contributed by atoms with Crippen molar-refractivity contribution in [2.24, 2.45) is 0 Å². The summed E-state index contributed by atoms with van der Waals surface area (Å²) in [5.41, 5.74) is 2.51. The number of benzene rings is 1. The first kappa shape index (κ1) is 7.87. The molecule has 62 valence electrons. The number of hydrogen-bond donors (Lipinski definition) is 0. The van der Waals surface area contributed by atoms with Crippen LogP contribution in [-0.4, -0.2) is 0 Å². The maximum Gasteiger partial charge on any atom is 0.113 e. The third-order valence-corrected chi connectivity index (χ3v) is 2.41. The van der Waals surface area contributed by atoms with Gasteiger partial charge in [-0.05, 0) is 36.3 Å². The van der Waals surface area contributed by atoms with Crippen LogP contribution in [0.25, 0.3) is 6.08 Å². The number of allylic oxidation sites excluding steroid dienone is 1. The van der Waals surface area contributed by atoms with E-state index < -0.39 is 0 Å². The van der Waals surface area contributed by atoms with Crippen LogP contribution in [0.2, 0.25) is 0 Å². The molecule has 0 saturated carbocycles. The van der Waals surface area contributed by atoms with Crippen LogP contribution in [0.5, 0.6) is 0 Å². The van der Waals surface area contributed by atoms with E-state index in [9.17, 15) is 0 Å². The molecule has 0 radical (unpaired) electrons. The summed E-state index contributed by atoms with van der Waals surface area (Å²) in [6.07, 6.45) is 2.06. The fourth-order valence-corrected chi connectivity index (χ4v) is 1.70. The van der Waals surface area contributed by atoms with Crippen LogP contribution in [0.4, 0.5) is 0 Å². The molecule has 0 aromatic heterocycles. The normalized spacial score (nSPS) is 14.7. The van der Waals surface area contributed by atoms with E-state index >= 15 is 0 Å². The van der Waals surface area contributed by atoms with Crippen LogP contribution < -0.4 is 0 Å². The van der Waals surface area contributed by atoms with Crippen LogP contribution >= 0.6 is 15.9 Å². The summed E-state index contributed by atoms with van der Waals surface area (Å²) in [7, 11) is 0. The number of fused-ring (bicyclic) bond motifs is 1. The third-order valence-electron chi connectivity index (χ3n) is 1.92. The quantitative estimate of drug-likeness (QED) is 0.657. The lowest BCUT2D eigenvalue weighted by atomic mass is 10.1. The molecule has 0 saturated heterocycles. The number of halogens is 1. The minimum Gasteiger partial charge on any atom is -0.494 e. The lowest BCUT2D eigenvalue weighted by molar-refractivity contribution is 0.199. The molecule has 1 aliphatic rings. The van der Waals surface area contributed by atoms with Gasteiger partial charge in [-0.2, -0.15) is 0 Å². The Balaban J connectivity index is 2.51. The molecule has 0 fully saturated rings. The first-order valence-electron chi connectivity index (χ1n) is 3.85. The minimum absolute atomic E-state index is 0.692. The molecule has 0 amide bonds. The van der Waals surface area contributed by atoms with E-state index in [0.717, 1.165) is 10.2 Å². The number of hydrogen-bond acceptors (Lipinski definition) is 1. The summed E-state index contributed by atoms with van der Waals surface area (Å²) in [6, 6.07) is 6.25. The largest absolute Gasteiger partial charge is 0.494 e. The van der Waals surface area contributed by atoms with Crippen molar-refractivity contribution in [1.82, 2.24) is 0 Å². The summed E-state index contributed by atoms with van der Waals surface area (Å²) in [5.74, 6) is 0.991. The Hall–Kier alpha value is -0.760. The summed E-state index contributed by atoms with van der Waals surface area (Å²) in [6.45, 7) is 2.67. The smallest absolute Gasteiger partial charge is 0.113 e. The van der Waals surface area contributed by atoms with Gasteiger partial charge in [0.15, 0.2) is 0 Å². The van der Waals surface area contributed by atoms with E-state index in [1.165, 1.54) is 11.1 Å². The monoisotopic (exact) mass is 224 g/mol. The topological polar surface area (TPSA) is 9.23 Å². The van der Waals surface area contributed by atoms with Crippen molar-refractivity contribution in [1.29, 1.82) is 0 Å². The zero-order chi connectivity index (χ0) is 8.55. The lowest BCUT2D eigenvalue weighted by Gasteiger charge is -2.15. The standard InChI is InChI=1S/C10H9BrO/c1-7-4-8-2-3-10(11)5-9(8)6-12-7/h2-5H,6H2,1H3. The second-order valence-corrected chi connectivity index (χ2v) is 3.80. The van der Waals surface area contributed by atoms with Crippen molar-refractivity contribution in [2.75, 3.05) is 0 Å². The molecule has 1 heterocycles. The Morgan fingerprint density at radius 3 is 3.08 bits per heavy atom. The zero-order valence-corrected chi connectivity index (χ0v) is 8.39. The molecule has 0 atom stereocenters. The minimum atomic E-state index is 0.692. The van der Waals surface area contributed by atoms with Crippen LogP contribution in [0.1, 0.15) is 18.1 Å². The summed E-state index contributed by atoms with van der Waals surface area (Å²) < 4.78 is 6.51. The third kappa shape index (κ3) is 1.39. The molecule has 1 aliphatic heterocycles. The highest BCUT2D eigenvalue weighted by molar-refractivity contribution is 9.10. The second-order valence-electron chi connectivity index (χ2n) is 2.89. The Kier molecular flexibility index (Phi) is 1.93. The van der Waals surface area contributed by atoms with E-state index in [-0.39, 0.29) is 0 Å². The van der Waals surface area contributed by atoms with Gasteiger partial charge in [0.1, 0.15) is 6.61 Å². The summed E-state index contributed by atoms with van der Waals surface area (Å²) >= 11 is 3.43. The second kappa shape index (κ2) is 2.94. The molecule has 12 heavy (non-hydrogen) atoms. The fourth-order valence-electron chi connectivity index (χ4n) is 1.29. The molecule has 1 nitrogen and oxygen atoms in total. The van der Waals surface area contributed by atoms with Crippen molar-refractivity contribution in [3.05, 3.63) is 39.6 Å². The molecular formula is C10H9BrO. The first-order valence-corrected chi connectivity index (χ1v) is 4.64. The van der Waals surface area contributed by atoms with Crippen LogP contribution in [0, 0.1) is 0 Å². The number of ether oxygens (including phenoxy) is 1. The van der Waals surface area contributed by atoms with Gasteiger partial charge in [0.2, 0.25) is 0 Å². The van der Waals surface area contributed by atoms with Crippen LogP contribution in [0.3, 0.4) is 0 Å². The van der Waals surface area contributed by atoms with Gasteiger partial charge in [-0.1, -0.05) is 22.0 Å². The van der Waals surface area contributed by atoms with Crippen LogP contribution in [0.15, 0.2) is 28.4 Å². The Morgan fingerprint density at radius 2 is 2.25 bits per heavy atom. The van der Waals surface area contributed by atoms with Gasteiger partial charge in [-0.3, -0.25) is 0 Å². The maximum absolute atomic E-state index is 5.40. The molecule has 0 bridgehead atoms. The van der Waals surface area contributed by atoms with Gasteiger partial charge < -0.3 is 4.74 Å². The first-order chi connectivity index (χ1) is 5.75. The van der Waals surface area contributed by atoms with Gasteiger partial charge in [-0.15, -0.1) is 0 Å². The molecule has 0 spiro atoms. The Morgan fingerprint density at radius 1 is 1.42 bits per heavy atom. The van der Waals surface area contributed by atoms with E-state index in [1.807, 2.05) is 13.0 Å². The Bertz CT molecular complexity index is 342. The maximum atomic E-state index is 5.40. The molecule has 0 unspecified atom stereocenters. The average molecular weight is 225 g/mol. The van der Waals surface area contributed by atoms with Gasteiger partial charge in [0.25, 0.3) is 0 Å². The highest BCUT2D eigenvalue weighted by atomic mass is 79.9. The van der Waals surface area contributed by atoms with E-state index in [0.29, 0.717) is 6.61 Å². The predicted octanol–water partition coefficient (Wildman–Crippen LogP) is 3.34. The van der Waals surface area contributed by atoms with Gasteiger partial charge in [0.05, 0.1) is 5.76 Å². The number of rotatable bonds is 0. The van der Waals surface area contributed by atoms with Crippen molar-refractivity contribution in [3.8, 4) is 0 Å². The predicted molar refractivity (Wildman–Crippen MR) is 52.6 cm³/mol. The zero-order valence-electron chi connectivity index (χ0n) is 6.80. The molecular weight excluding hydrogens is 216 g/mol. The summed E-state index contributed by atoms with van der Waals surface area (Å²) in [5, 5.41) is 0. The Labute approximate surface area is 80.2 Å². The average Bonchev–Trinajstić information content (AvgIpc) is 2.05. The highest BCUT2D eigenvalue weighted by Crippen LogP contribution is 2.24. The van der Waals surface area contributed by atoms with Crippen molar-refractivity contribution < 1.29 is 4.74 Å². The fraction of sp³-hybridized carbons (Fsp3) is 0.200. The molecule has 2 heteroatoms. The van der Waals surface area contributed by atoms with Crippen molar-refractivity contribution in [3.63, 3.8) is 0 Å². The van der Waals surface area contributed by atoms with Crippen molar-refractivity contribution in [2.45, 2.75) is 13.5 Å². The van der Waals surface area contributed by atoms with Gasteiger partial charge >= 0.3 is 0 Å². The van der Waals surface area contributed by atoms with Gasteiger partial charge in [0, 0.05) is 4.47 Å². The molecule has 2 rings (SSSR count). The van der Waals surface area contributed by atoms with Gasteiger partial charge in [-0.25, -0.2) is 0 Å². The summed E-state index contributed by atoms with van der Waals surface area (Å²) in [4.78, 5) is 0. The lowest BCUT2D eigenvalue weighted by Crippen LogP contribution is -1.99. The van der Waals surface area contributed by atoms with Crippen molar-refractivity contribution >= 4 is 22.0 Å². The molecule has 1 aromatic rings. The van der Waals surface area contributed by atoms with E-state index in [2.05, 4.69) is 34.1 Å².